The van der Waals surface area contributed by atoms with Gasteiger partial charge in [0.15, 0.2) is 6.10 Å². The smallest absolute Gasteiger partial charge is 0.333 e. The summed E-state index contributed by atoms with van der Waals surface area (Å²) in [6, 6.07) is 9.69. The van der Waals surface area contributed by atoms with Crippen LogP contribution in [0.5, 0.6) is 0 Å². The highest BCUT2D eigenvalue weighted by molar-refractivity contribution is 5.79. The number of rotatable bonds is 5. The average molecular weight is 487 g/mol. The molecule has 1 unspecified atom stereocenters. The van der Waals surface area contributed by atoms with Gasteiger partial charge in [-0.05, 0) is 90.0 Å². The van der Waals surface area contributed by atoms with Gasteiger partial charge in [0.05, 0.1) is 6.42 Å². The van der Waals surface area contributed by atoms with E-state index in [2.05, 4.69) is 59.8 Å². The standard InChI is InChI=1S/2C11H16N2.C4H6O5/c2*1-9-10(5-3-7-12-9)11-6-4-8-13(11)2;5-2(4(8)9)1-3(6)7/h2*3,5,7,11H,4,6,8H2,1-2H3;2,5H,1H2,(H,6,7)(H,8,9)/t2*11-;/m00./s1. The summed E-state index contributed by atoms with van der Waals surface area (Å²) in [6.45, 7) is 6.64. The van der Waals surface area contributed by atoms with Crippen molar-refractivity contribution < 1.29 is 24.9 Å². The van der Waals surface area contributed by atoms with E-state index in [0.717, 1.165) is 0 Å². The van der Waals surface area contributed by atoms with Crippen LogP contribution in [0.15, 0.2) is 36.7 Å². The predicted octanol–water partition coefficient (Wildman–Crippen LogP) is 3.22. The third kappa shape index (κ3) is 8.69. The molecule has 2 aromatic heterocycles. The molecule has 0 amide bonds. The van der Waals surface area contributed by atoms with E-state index in [0.29, 0.717) is 12.1 Å². The van der Waals surface area contributed by atoms with Crippen molar-refractivity contribution in [3.8, 4) is 0 Å². The number of aryl methyl sites for hydroxylation is 2. The van der Waals surface area contributed by atoms with Crippen LogP contribution in [0.4, 0.5) is 0 Å². The highest BCUT2D eigenvalue weighted by atomic mass is 16.4. The number of aromatic nitrogens is 2. The van der Waals surface area contributed by atoms with E-state index in [4.69, 9.17) is 15.3 Å². The van der Waals surface area contributed by atoms with Gasteiger partial charge in [0.1, 0.15) is 0 Å². The Morgan fingerprint density at radius 1 is 0.914 bits per heavy atom. The molecule has 4 heterocycles. The van der Waals surface area contributed by atoms with Gasteiger partial charge in [-0.25, -0.2) is 4.79 Å². The zero-order valence-electron chi connectivity index (χ0n) is 21.1. The van der Waals surface area contributed by atoms with Crippen LogP contribution < -0.4 is 0 Å². The van der Waals surface area contributed by atoms with Gasteiger partial charge >= 0.3 is 11.9 Å². The molecule has 0 radical (unpaired) electrons. The van der Waals surface area contributed by atoms with Gasteiger partial charge in [0.2, 0.25) is 0 Å². The third-order valence-corrected chi connectivity index (χ3v) is 6.51. The van der Waals surface area contributed by atoms with Crippen LogP contribution >= 0.6 is 0 Å². The van der Waals surface area contributed by atoms with Gasteiger partial charge in [-0.3, -0.25) is 24.6 Å². The summed E-state index contributed by atoms with van der Waals surface area (Å²) in [6.07, 6.45) is 6.39. The largest absolute Gasteiger partial charge is 0.481 e. The Balaban J connectivity index is 0.000000190. The molecule has 3 N–H and O–H groups in total. The van der Waals surface area contributed by atoms with Crippen molar-refractivity contribution in [2.24, 2.45) is 0 Å². The van der Waals surface area contributed by atoms with Crippen molar-refractivity contribution >= 4 is 11.9 Å². The minimum atomic E-state index is -1.79. The number of carboxylic acids is 2. The number of carbonyl (C=O) groups is 2. The van der Waals surface area contributed by atoms with Crippen LogP contribution in [0.3, 0.4) is 0 Å². The molecule has 3 atom stereocenters. The number of nitrogens with zero attached hydrogens (tertiary/aromatic N) is 4. The summed E-state index contributed by atoms with van der Waals surface area (Å²) in [5, 5.41) is 24.1. The number of likely N-dealkylation sites (tertiary alicyclic amines) is 2. The normalized spacial score (nSPS) is 20.8. The van der Waals surface area contributed by atoms with Gasteiger partial charge < -0.3 is 15.3 Å². The van der Waals surface area contributed by atoms with Crippen molar-refractivity contribution in [3.63, 3.8) is 0 Å². The molecule has 0 saturated carbocycles. The lowest BCUT2D eigenvalue weighted by atomic mass is 10.0. The summed E-state index contributed by atoms with van der Waals surface area (Å²) in [7, 11) is 4.40. The number of pyridine rings is 2. The molecule has 2 aliphatic rings. The first-order valence-corrected chi connectivity index (χ1v) is 12.0. The van der Waals surface area contributed by atoms with Crippen LogP contribution in [-0.4, -0.2) is 80.3 Å². The monoisotopic (exact) mass is 486 g/mol. The second-order valence-electron chi connectivity index (χ2n) is 9.09. The van der Waals surface area contributed by atoms with Crippen LogP contribution in [0.25, 0.3) is 0 Å². The summed E-state index contributed by atoms with van der Waals surface area (Å²) in [5.74, 6) is -2.85. The number of hydrogen-bond donors (Lipinski definition) is 3. The number of hydrogen-bond acceptors (Lipinski definition) is 7. The summed E-state index contributed by atoms with van der Waals surface area (Å²) in [4.78, 5) is 32.9. The summed E-state index contributed by atoms with van der Waals surface area (Å²) >= 11 is 0. The Bertz CT molecular complexity index is 909. The lowest BCUT2D eigenvalue weighted by Crippen LogP contribution is -2.22. The zero-order valence-corrected chi connectivity index (χ0v) is 21.1. The molecule has 4 rings (SSSR count). The van der Waals surface area contributed by atoms with E-state index in [1.807, 2.05) is 24.5 Å². The van der Waals surface area contributed by atoms with Crippen LogP contribution in [0.2, 0.25) is 0 Å². The molecule has 0 bridgehead atoms. The minimum absolute atomic E-state index is 0.605. The van der Waals surface area contributed by atoms with E-state index in [1.54, 1.807) is 0 Å². The lowest BCUT2D eigenvalue weighted by Gasteiger charge is -2.20. The quantitative estimate of drug-likeness (QED) is 0.584. The van der Waals surface area contributed by atoms with Crippen molar-refractivity contribution in [2.75, 3.05) is 27.2 Å². The first-order chi connectivity index (χ1) is 16.6. The van der Waals surface area contributed by atoms with E-state index in [9.17, 15) is 9.59 Å². The number of aliphatic carboxylic acids is 2. The molecule has 9 nitrogen and oxygen atoms in total. The van der Waals surface area contributed by atoms with E-state index in [-0.39, 0.29) is 0 Å². The summed E-state index contributed by atoms with van der Waals surface area (Å²) < 4.78 is 0. The Kier molecular flexibility index (Phi) is 11.2. The number of carboxylic acid groups (broad SMARTS) is 2. The molecular weight excluding hydrogens is 448 g/mol. The van der Waals surface area contributed by atoms with Crippen LogP contribution in [-0.2, 0) is 9.59 Å². The molecule has 192 valence electrons. The third-order valence-electron chi connectivity index (χ3n) is 6.51. The van der Waals surface area contributed by atoms with Crippen molar-refractivity contribution in [1.82, 2.24) is 19.8 Å². The predicted molar refractivity (Wildman–Crippen MR) is 133 cm³/mol. The van der Waals surface area contributed by atoms with Crippen molar-refractivity contribution in [1.29, 1.82) is 0 Å². The molecule has 2 saturated heterocycles. The van der Waals surface area contributed by atoms with Crippen molar-refractivity contribution in [3.05, 3.63) is 59.2 Å². The average Bonchev–Trinajstić information content (AvgIpc) is 3.43. The topological polar surface area (TPSA) is 127 Å². The first-order valence-electron chi connectivity index (χ1n) is 12.0. The van der Waals surface area contributed by atoms with Gasteiger partial charge in [0, 0.05) is 35.9 Å². The highest BCUT2D eigenvalue weighted by Gasteiger charge is 2.24. The molecule has 0 aliphatic carbocycles. The maximum Gasteiger partial charge on any atom is 0.333 e. The summed E-state index contributed by atoms with van der Waals surface area (Å²) in [5.41, 5.74) is 5.17. The van der Waals surface area contributed by atoms with E-state index < -0.39 is 24.5 Å². The maximum absolute atomic E-state index is 9.72. The van der Waals surface area contributed by atoms with E-state index >= 15 is 0 Å². The highest BCUT2D eigenvalue weighted by Crippen LogP contribution is 2.32. The second-order valence-corrected chi connectivity index (χ2v) is 9.09. The molecule has 0 aromatic carbocycles. The minimum Gasteiger partial charge on any atom is -0.481 e. The zero-order chi connectivity index (χ0) is 26.0. The molecule has 9 heteroatoms. The number of aliphatic hydroxyl groups excluding tert-OH is 1. The Hall–Kier alpha value is -2.88. The molecule has 35 heavy (non-hydrogen) atoms. The molecule has 2 fully saturated rings. The first kappa shape index (κ1) is 28.4. The van der Waals surface area contributed by atoms with Crippen LogP contribution in [0, 0.1) is 13.8 Å². The Morgan fingerprint density at radius 3 is 1.60 bits per heavy atom. The van der Waals surface area contributed by atoms with Crippen LogP contribution in [0.1, 0.15) is 66.7 Å². The molecule has 2 aliphatic heterocycles. The van der Waals surface area contributed by atoms with Crippen molar-refractivity contribution in [2.45, 2.75) is 64.1 Å². The van der Waals surface area contributed by atoms with Gasteiger partial charge in [-0.1, -0.05) is 12.1 Å². The van der Waals surface area contributed by atoms with Gasteiger partial charge in [-0.2, -0.15) is 0 Å². The fourth-order valence-corrected chi connectivity index (χ4v) is 4.56. The Morgan fingerprint density at radius 2 is 1.34 bits per heavy atom. The van der Waals surface area contributed by atoms with E-state index in [1.165, 1.54) is 61.3 Å². The van der Waals surface area contributed by atoms with Gasteiger partial charge in [0.25, 0.3) is 0 Å². The lowest BCUT2D eigenvalue weighted by molar-refractivity contribution is -0.152. The number of aliphatic hydroxyl groups is 1. The second kappa shape index (κ2) is 13.9. The Labute approximate surface area is 207 Å². The molecular formula is C26H38N4O5. The fraction of sp³-hybridized carbons (Fsp3) is 0.538. The molecule has 2 aromatic rings. The fourth-order valence-electron chi connectivity index (χ4n) is 4.56. The molecule has 0 spiro atoms. The van der Waals surface area contributed by atoms with Gasteiger partial charge in [-0.15, -0.1) is 0 Å². The maximum atomic E-state index is 9.72. The SMILES string of the molecule is Cc1ncccc1[C@@H]1CCCN1C.Cc1ncccc1[C@@H]1CCCN1C.O=C(O)CC(O)C(=O)O.